The number of benzene rings is 1. The van der Waals surface area contributed by atoms with Crippen LogP contribution < -0.4 is 9.47 Å². The van der Waals surface area contributed by atoms with Crippen LogP contribution in [-0.4, -0.2) is 75.0 Å². The number of carbonyl (C=O) groups is 2. The molecule has 1 N–H and O–H groups in total. The predicted molar refractivity (Wildman–Crippen MR) is 91.7 cm³/mol. The van der Waals surface area contributed by atoms with Crippen molar-refractivity contribution in [3.05, 3.63) is 18.2 Å². The number of ether oxygens (including phenoxy) is 2. The number of hydrogen-bond acceptors (Lipinski definition) is 6. The van der Waals surface area contributed by atoms with E-state index in [1.54, 1.807) is 0 Å². The van der Waals surface area contributed by atoms with E-state index in [1.165, 1.54) is 44.1 Å². The molecule has 0 saturated carbocycles. The Bertz CT molecular complexity index is 794. The summed E-state index contributed by atoms with van der Waals surface area (Å²) in [4.78, 5) is 24.3. The highest BCUT2D eigenvalue weighted by atomic mass is 32.2. The Morgan fingerprint density at radius 3 is 2.42 bits per heavy atom. The lowest BCUT2D eigenvalue weighted by atomic mass is 10.2. The minimum Gasteiger partial charge on any atom is -0.486 e. The van der Waals surface area contributed by atoms with Crippen LogP contribution in [0.4, 0.5) is 0 Å². The molecule has 10 heteroatoms. The van der Waals surface area contributed by atoms with Crippen molar-refractivity contribution in [3.63, 3.8) is 0 Å². The molecule has 2 rings (SSSR count). The van der Waals surface area contributed by atoms with Crippen molar-refractivity contribution in [1.29, 1.82) is 0 Å². The quantitative estimate of drug-likeness (QED) is 0.715. The first-order valence-electron chi connectivity index (χ1n) is 7.95. The second kappa shape index (κ2) is 7.92. The zero-order valence-electron chi connectivity index (χ0n) is 14.8. The van der Waals surface area contributed by atoms with Gasteiger partial charge in [-0.25, -0.2) is 8.42 Å². The first-order chi connectivity index (χ1) is 12.1. The van der Waals surface area contributed by atoms with E-state index < -0.39 is 34.4 Å². The summed E-state index contributed by atoms with van der Waals surface area (Å²) >= 11 is 0. The van der Waals surface area contributed by atoms with Gasteiger partial charge in [0, 0.05) is 26.7 Å². The van der Waals surface area contributed by atoms with Crippen LogP contribution in [0.3, 0.4) is 0 Å². The Labute approximate surface area is 152 Å². The van der Waals surface area contributed by atoms with Crippen molar-refractivity contribution in [2.45, 2.75) is 11.8 Å². The van der Waals surface area contributed by atoms with Gasteiger partial charge >= 0.3 is 5.97 Å². The molecule has 0 aliphatic carbocycles. The number of carboxylic acids is 1. The highest BCUT2D eigenvalue weighted by molar-refractivity contribution is 7.89. The molecule has 26 heavy (non-hydrogen) atoms. The third-order valence-electron chi connectivity index (χ3n) is 3.97. The van der Waals surface area contributed by atoms with Gasteiger partial charge in [0.2, 0.25) is 15.9 Å². The zero-order valence-corrected chi connectivity index (χ0v) is 15.7. The Morgan fingerprint density at radius 2 is 1.81 bits per heavy atom. The third kappa shape index (κ3) is 4.44. The number of fused-ring (bicyclic) bond motifs is 1. The molecule has 1 aliphatic rings. The molecule has 1 aromatic rings. The molecule has 0 aromatic heterocycles. The van der Waals surface area contributed by atoms with E-state index in [0.717, 1.165) is 4.31 Å². The van der Waals surface area contributed by atoms with Crippen molar-refractivity contribution in [2.24, 2.45) is 5.92 Å². The van der Waals surface area contributed by atoms with Crippen LogP contribution in [0.25, 0.3) is 0 Å². The summed E-state index contributed by atoms with van der Waals surface area (Å²) in [6.07, 6.45) is 0. The van der Waals surface area contributed by atoms with E-state index in [-0.39, 0.29) is 11.4 Å². The summed E-state index contributed by atoms with van der Waals surface area (Å²) in [5, 5.41) is 8.90. The maximum atomic E-state index is 12.7. The van der Waals surface area contributed by atoms with E-state index in [1.807, 2.05) is 0 Å². The summed E-state index contributed by atoms with van der Waals surface area (Å²) in [6.45, 7) is 1.79. The van der Waals surface area contributed by atoms with Crippen molar-refractivity contribution in [2.75, 3.05) is 40.4 Å². The van der Waals surface area contributed by atoms with Crippen LogP contribution in [0.2, 0.25) is 0 Å². The molecule has 1 aromatic carbocycles. The summed E-state index contributed by atoms with van der Waals surface area (Å²) in [5.74, 6) is -1.46. The number of amides is 1. The van der Waals surface area contributed by atoms with Gasteiger partial charge in [-0.15, -0.1) is 0 Å². The van der Waals surface area contributed by atoms with Crippen molar-refractivity contribution >= 4 is 21.9 Å². The van der Waals surface area contributed by atoms with Gasteiger partial charge in [-0.05, 0) is 12.1 Å². The maximum Gasteiger partial charge on any atom is 0.308 e. The molecule has 1 aliphatic heterocycles. The van der Waals surface area contributed by atoms with E-state index >= 15 is 0 Å². The number of sulfonamides is 1. The lowest BCUT2D eigenvalue weighted by Gasteiger charge is -2.24. The average molecular weight is 386 g/mol. The van der Waals surface area contributed by atoms with Gasteiger partial charge in [0.1, 0.15) is 13.2 Å². The SMILES string of the molecule is CC(CN(C)C(=O)CN(C)S(=O)(=O)c1ccc2c(c1)OCCO2)C(=O)O. The van der Waals surface area contributed by atoms with E-state index in [9.17, 15) is 18.0 Å². The van der Waals surface area contributed by atoms with Crippen molar-refractivity contribution in [3.8, 4) is 11.5 Å². The predicted octanol–water partition coefficient (Wildman–Crippen LogP) is 0.257. The molecule has 144 valence electrons. The molecule has 0 fully saturated rings. The normalized spacial score (nSPS) is 14.8. The van der Waals surface area contributed by atoms with Crippen LogP contribution in [-0.2, 0) is 19.6 Å². The third-order valence-corrected chi connectivity index (χ3v) is 5.77. The van der Waals surface area contributed by atoms with Crippen molar-refractivity contribution < 1.29 is 32.6 Å². The molecule has 1 unspecified atom stereocenters. The fourth-order valence-corrected chi connectivity index (χ4v) is 3.49. The van der Waals surface area contributed by atoms with E-state index in [2.05, 4.69) is 0 Å². The highest BCUT2D eigenvalue weighted by Crippen LogP contribution is 2.32. The first kappa shape index (κ1) is 20.0. The topological polar surface area (TPSA) is 113 Å². The number of hydrogen-bond donors (Lipinski definition) is 1. The summed E-state index contributed by atoms with van der Waals surface area (Å²) < 4.78 is 37.0. The molecule has 1 amide bonds. The van der Waals surface area contributed by atoms with Gasteiger partial charge in [-0.3, -0.25) is 9.59 Å². The second-order valence-electron chi connectivity index (χ2n) is 6.08. The van der Waals surface area contributed by atoms with Crippen LogP contribution in [0, 0.1) is 5.92 Å². The summed E-state index contributed by atoms with van der Waals surface area (Å²) in [7, 11) is -1.18. The summed E-state index contributed by atoms with van der Waals surface area (Å²) in [5.41, 5.74) is 0. The van der Waals surface area contributed by atoms with Crippen LogP contribution in [0.15, 0.2) is 23.1 Å². The average Bonchev–Trinajstić information content (AvgIpc) is 2.60. The Hall–Kier alpha value is -2.33. The Balaban J connectivity index is 2.09. The van der Waals surface area contributed by atoms with Gasteiger partial charge < -0.3 is 19.5 Å². The van der Waals surface area contributed by atoms with Crippen LogP contribution in [0.1, 0.15) is 6.92 Å². The highest BCUT2D eigenvalue weighted by Gasteiger charge is 2.27. The first-order valence-corrected chi connectivity index (χ1v) is 9.39. The fraction of sp³-hybridized carbons (Fsp3) is 0.500. The fourth-order valence-electron chi connectivity index (χ4n) is 2.35. The van der Waals surface area contributed by atoms with Gasteiger partial charge in [-0.1, -0.05) is 6.92 Å². The van der Waals surface area contributed by atoms with Gasteiger partial charge in [0.15, 0.2) is 11.5 Å². The Kier molecular flexibility index (Phi) is 6.09. The molecule has 1 atom stereocenters. The zero-order chi connectivity index (χ0) is 19.5. The number of nitrogens with zero attached hydrogens (tertiary/aromatic N) is 2. The number of likely N-dealkylation sites (N-methyl/N-ethyl adjacent to an activating group) is 2. The molecular formula is C16H22N2O7S. The van der Waals surface area contributed by atoms with Crippen LogP contribution >= 0.6 is 0 Å². The minimum absolute atomic E-state index is 0.00786. The van der Waals surface area contributed by atoms with E-state index in [4.69, 9.17) is 14.6 Å². The number of carbonyl (C=O) groups excluding carboxylic acids is 1. The maximum absolute atomic E-state index is 12.7. The van der Waals surface area contributed by atoms with E-state index in [0.29, 0.717) is 24.7 Å². The molecular weight excluding hydrogens is 364 g/mol. The molecule has 9 nitrogen and oxygen atoms in total. The minimum atomic E-state index is -3.91. The molecule has 0 bridgehead atoms. The monoisotopic (exact) mass is 386 g/mol. The smallest absolute Gasteiger partial charge is 0.308 e. The number of carboxylic acid groups (broad SMARTS) is 1. The van der Waals surface area contributed by atoms with Gasteiger partial charge in [0.05, 0.1) is 17.4 Å². The lowest BCUT2D eigenvalue weighted by Crippen LogP contribution is -2.41. The number of aliphatic carboxylic acids is 1. The van der Waals surface area contributed by atoms with Gasteiger partial charge in [0.25, 0.3) is 0 Å². The standard InChI is InChI=1S/C16H22N2O7S/c1-11(16(20)21)9-17(2)15(19)10-18(3)26(22,23)12-4-5-13-14(8-12)25-7-6-24-13/h4-5,8,11H,6-7,9-10H2,1-3H3,(H,20,21). The second-order valence-corrected chi connectivity index (χ2v) is 8.12. The largest absolute Gasteiger partial charge is 0.486 e. The molecule has 1 heterocycles. The Morgan fingerprint density at radius 1 is 1.19 bits per heavy atom. The molecule has 0 spiro atoms. The molecule has 0 radical (unpaired) electrons. The molecule has 0 saturated heterocycles. The van der Waals surface area contributed by atoms with Crippen molar-refractivity contribution in [1.82, 2.24) is 9.21 Å². The lowest BCUT2D eigenvalue weighted by molar-refractivity contribution is -0.142. The van der Waals surface area contributed by atoms with Crippen LogP contribution in [0.5, 0.6) is 11.5 Å². The number of rotatable bonds is 7. The summed E-state index contributed by atoms with van der Waals surface area (Å²) in [6, 6.07) is 4.26. The van der Waals surface area contributed by atoms with Gasteiger partial charge in [-0.2, -0.15) is 4.31 Å².